The zero-order chi connectivity index (χ0) is 20.3. The van der Waals surface area contributed by atoms with Crippen LogP contribution in [0.15, 0.2) is 29.4 Å². The Balaban J connectivity index is 1.94. The number of amides is 1. The molecule has 1 heterocycles. The minimum absolute atomic E-state index is 0.0589. The molecule has 3 rings (SSSR count). The molecule has 1 aromatic carbocycles. The number of aromatic nitrogens is 3. The molecule has 1 saturated carbocycles. The third-order valence-corrected chi connectivity index (χ3v) is 6.02. The van der Waals surface area contributed by atoms with Gasteiger partial charge in [-0.15, -0.1) is 10.2 Å². The summed E-state index contributed by atoms with van der Waals surface area (Å²) in [6.07, 6.45) is 3.11. The standard InChI is InChI=1S/C20H29N5O2S/c1-6-17(24(3)4)18-22-23-20(28-13(2)19(26)21-14-7-8-14)25(18)15-9-11-16(27-5)12-10-15/h9-14,17H,6-8H2,1-5H3,(H,21,26)/p+1/t13-,17-/m0/s1. The van der Waals surface area contributed by atoms with Crippen molar-refractivity contribution >= 4 is 17.7 Å². The van der Waals surface area contributed by atoms with Crippen molar-refractivity contribution in [1.29, 1.82) is 0 Å². The van der Waals surface area contributed by atoms with E-state index in [1.54, 1.807) is 7.11 Å². The summed E-state index contributed by atoms with van der Waals surface area (Å²) < 4.78 is 7.37. The maximum Gasteiger partial charge on any atom is 0.233 e. The van der Waals surface area contributed by atoms with E-state index in [0.717, 1.165) is 41.7 Å². The van der Waals surface area contributed by atoms with Gasteiger partial charge >= 0.3 is 0 Å². The van der Waals surface area contributed by atoms with Crippen LogP contribution in [0.5, 0.6) is 5.75 Å². The minimum Gasteiger partial charge on any atom is -0.497 e. The molecule has 2 N–H and O–H groups in total. The van der Waals surface area contributed by atoms with E-state index < -0.39 is 0 Å². The summed E-state index contributed by atoms with van der Waals surface area (Å²) in [4.78, 5) is 13.7. The lowest BCUT2D eigenvalue weighted by molar-refractivity contribution is -0.893. The molecule has 1 aromatic heterocycles. The first-order valence-electron chi connectivity index (χ1n) is 9.81. The number of rotatable bonds is 9. The Morgan fingerprint density at radius 1 is 1.32 bits per heavy atom. The van der Waals surface area contributed by atoms with E-state index in [0.29, 0.717) is 6.04 Å². The van der Waals surface area contributed by atoms with Crippen LogP contribution in [0.2, 0.25) is 0 Å². The van der Waals surface area contributed by atoms with Gasteiger partial charge in [-0.2, -0.15) is 0 Å². The van der Waals surface area contributed by atoms with Gasteiger partial charge in [0.05, 0.1) is 26.5 Å². The lowest BCUT2D eigenvalue weighted by Crippen LogP contribution is -3.06. The zero-order valence-electron chi connectivity index (χ0n) is 17.2. The maximum atomic E-state index is 12.4. The predicted molar refractivity (Wildman–Crippen MR) is 110 cm³/mol. The number of hydrogen-bond acceptors (Lipinski definition) is 5. The fraction of sp³-hybridized carbons (Fsp3) is 0.550. The molecule has 2 aromatic rings. The zero-order valence-corrected chi connectivity index (χ0v) is 18.0. The van der Waals surface area contributed by atoms with Crippen molar-refractivity contribution in [2.24, 2.45) is 0 Å². The van der Waals surface area contributed by atoms with Crippen LogP contribution in [0.1, 0.15) is 45.0 Å². The first-order chi connectivity index (χ1) is 13.4. The fourth-order valence-electron chi connectivity index (χ4n) is 3.16. The van der Waals surface area contributed by atoms with E-state index in [1.165, 1.54) is 16.7 Å². The van der Waals surface area contributed by atoms with Crippen LogP contribution in [0.4, 0.5) is 0 Å². The number of nitrogens with zero attached hydrogens (tertiary/aromatic N) is 3. The second kappa shape index (κ2) is 8.96. The highest BCUT2D eigenvalue weighted by atomic mass is 32.2. The number of hydrogen-bond donors (Lipinski definition) is 2. The summed E-state index contributed by atoms with van der Waals surface area (Å²) in [7, 11) is 5.91. The van der Waals surface area contributed by atoms with E-state index in [2.05, 4.69) is 41.1 Å². The lowest BCUT2D eigenvalue weighted by Gasteiger charge is -2.21. The van der Waals surface area contributed by atoms with E-state index in [4.69, 9.17) is 4.74 Å². The van der Waals surface area contributed by atoms with Crippen molar-refractivity contribution in [3.8, 4) is 11.4 Å². The van der Waals surface area contributed by atoms with E-state index in [9.17, 15) is 4.79 Å². The summed E-state index contributed by atoms with van der Waals surface area (Å²) in [6.45, 7) is 4.08. The van der Waals surface area contributed by atoms with Gasteiger partial charge in [-0.05, 0) is 44.0 Å². The predicted octanol–water partition coefficient (Wildman–Crippen LogP) is 1.63. The molecule has 0 bridgehead atoms. The molecule has 1 fully saturated rings. The molecule has 1 aliphatic rings. The number of carbonyl (C=O) groups excluding carboxylic acids is 1. The largest absolute Gasteiger partial charge is 0.497 e. The molecule has 0 aliphatic heterocycles. The molecule has 2 atom stereocenters. The second-order valence-corrected chi connectivity index (χ2v) is 8.76. The van der Waals surface area contributed by atoms with Gasteiger partial charge < -0.3 is 15.0 Å². The number of ether oxygens (including phenoxy) is 1. The number of quaternary nitrogens is 1. The van der Waals surface area contributed by atoms with E-state index in [-0.39, 0.29) is 17.2 Å². The summed E-state index contributed by atoms with van der Waals surface area (Å²) >= 11 is 1.45. The van der Waals surface area contributed by atoms with Crippen molar-refractivity contribution in [3.05, 3.63) is 30.1 Å². The summed E-state index contributed by atoms with van der Waals surface area (Å²) in [6, 6.07) is 8.43. The first kappa shape index (κ1) is 20.7. The van der Waals surface area contributed by atoms with Crippen LogP contribution in [0, 0.1) is 0 Å². The van der Waals surface area contributed by atoms with Crippen molar-refractivity contribution in [2.45, 2.75) is 55.6 Å². The quantitative estimate of drug-likeness (QED) is 0.622. The first-order valence-corrected chi connectivity index (χ1v) is 10.7. The van der Waals surface area contributed by atoms with Gasteiger partial charge in [0.15, 0.2) is 11.0 Å². The van der Waals surface area contributed by atoms with Crippen molar-refractivity contribution in [3.63, 3.8) is 0 Å². The Labute approximate surface area is 170 Å². The molecule has 7 nitrogen and oxygen atoms in total. The molecule has 28 heavy (non-hydrogen) atoms. The summed E-state index contributed by atoms with van der Waals surface area (Å²) in [5.74, 6) is 1.77. The highest BCUT2D eigenvalue weighted by molar-refractivity contribution is 8.00. The van der Waals surface area contributed by atoms with Crippen molar-refractivity contribution in [1.82, 2.24) is 20.1 Å². The Kier molecular flexibility index (Phi) is 6.61. The Morgan fingerprint density at radius 3 is 2.54 bits per heavy atom. The van der Waals surface area contributed by atoms with Crippen LogP contribution < -0.4 is 15.0 Å². The number of benzene rings is 1. The number of methoxy groups -OCH3 is 1. The van der Waals surface area contributed by atoms with Gasteiger partial charge in [0.2, 0.25) is 5.91 Å². The molecular weight excluding hydrogens is 374 g/mol. The van der Waals surface area contributed by atoms with Crippen LogP contribution >= 0.6 is 11.8 Å². The topological polar surface area (TPSA) is 73.5 Å². The molecule has 1 amide bonds. The Hall–Kier alpha value is -2.06. The normalized spacial score (nSPS) is 16.1. The number of carbonyl (C=O) groups is 1. The monoisotopic (exact) mass is 404 g/mol. The summed E-state index contributed by atoms with van der Waals surface area (Å²) in [5, 5.41) is 12.5. The van der Waals surface area contributed by atoms with Gasteiger partial charge in [0, 0.05) is 18.2 Å². The molecular formula is C20H30N5O2S+. The van der Waals surface area contributed by atoms with Crippen LogP contribution in [-0.4, -0.2) is 53.2 Å². The van der Waals surface area contributed by atoms with Gasteiger partial charge in [-0.1, -0.05) is 18.7 Å². The minimum atomic E-state index is -0.235. The van der Waals surface area contributed by atoms with Crippen LogP contribution in [-0.2, 0) is 4.79 Å². The SMILES string of the molecule is CC[C@@H](c1nnc(S[C@@H](C)C(=O)NC2CC2)n1-c1ccc(OC)cc1)[NH+](C)C. The van der Waals surface area contributed by atoms with Crippen LogP contribution in [0.3, 0.4) is 0 Å². The third kappa shape index (κ3) is 4.67. The summed E-state index contributed by atoms with van der Waals surface area (Å²) in [5.41, 5.74) is 0.970. The maximum absolute atomic E-state index is 12.4. The molecule has 0 saturated heterocycles. The van der Waals surface area contributed by atoms with E-state index in [1.807, 2.05) is 31.2 Å². The highest BCUT2D eigenvalue weighted by Gasteiger charge is 2.29. The number of nitrogens with one attached hydrogen (secondary N) is 2. The molecule has 0 unspecified atom stereocenters. The molecule has 0 radical (unpaired) electrons. The highest BCUT2D eigenvalue weighted by Crippen LogP contribution is 2.29. The van der Waals surface area contributed by atoms with E-state index >= 15 is 0 Å². The van der Waals surface area contributed by atoms with Crippen molar-refractivity contribution < 1.29 is 14.4 Å². The number of thioether (sulfide) groups is 1. The van der Waals surface area contributed by atoms with Gasteiger partial charge in [-0.25, -0.2) is 0 Å². The molecule has 0 spiro atoms. The Morgan fingerprint density at radius 2 is 2.00 bits per heavy atom. The van der Waals surface area contributed by atoms with Crippen LogP contribution in [0.25, 0.3) is 5.69 Å². The second-order valence-electron chi connectivity index (χ2n) is 7.46. The molecule has 152 valence electrons. The molecule has 1 aliphatic carbocycles. The fourth-order valence-corrected chi connectivity index (χ4v) is 4.05. The third-order valence-electron chi connectivity index (χ3n) is 4.98. The average Bonchev–Trinajstić information content (AvgIpc) is 3.41. The smallest absolute Gasteiger partial charge is 0.233 e. The average molecular weight is 405 g/mol. The molecule has 8 heteroatoms. The van der Waals surface area contributed by atoms with Gasteiger partial charge in [0.25, 0.3) is 0 Å². The lowest BCUT2D eigenvalue weighted by atomic mass is 10.2. The Bertz CT molecular complexity index is 801. The van der Waals surface area contributed by atoms with Gasteiger partial charge in [0.1, 0.15) is 11.8 Å². The van der Waals surface area contributed by atoms with Crippen molar-refractivity contribution in [2.75, 3.05) is 21.2 Å². The van der Waals surface area contributed by atoms with Gasteiger partial charge in [-0.3, -0.25) is 9.36 Å².